The van der Waals surface area contributed by atoms with Gasteiger partial charge >= 0.3 is 6.18 Å². The smallest absolute Gasteiger partial charge is 0.379 e. The number of aryl methyl sites for hydroxylation is 1. The summed E-state index contributed by atoms with van der Waals surface area (Å²) in [7, 11) is 0. The van der Waals surface area contributed by atoms with Crippen molar-refractivity contribution in [3.8, 4) is 0 Å². The number of ether oxygens (including phenoxy) is 1. The Bertz CT molecular complexity index is 1790. The molecule has 0 spiro atoms. The number of benzene rings is 2. The molecule has 0 saturated carbocycles. The maximum atomic E-state index is 13.9. The summed E-state index contributed by atoms with van der Waals surface area (Å²) in [6.45, 7) is 3.96. The number of azo groups is 1. The molecule has 3 aliphatic rings. The average molecular weight is 575 g/mol. The highest BCUT2D eigenvalue weighted by molar-refractivity contribution is 6.15. The molecule has 0 atom stereocenters. The van der Waals surface area contributed by atoms with Crippen LogP contribution in [0.1, 0.15) is 32.6 Å². The quantitative estimate of drug-likeness (QED) is 0.460. The van der Waals surface area contributed by atoms with E-state index in [0.29, 0.717) is 48.9 Å². The zero-order valence-electron chi connectivity index (χ0n) is 22.5. The third-order valence-corrected chi connectivity index (χ3v) is 7.30. The molecule has 1 aromatic heterocycles. The molecule has 0 unspecified atom stereocenters. The van der Waals surface area contributed by atoms with Gasteiger partial charge in [-0.2, -0.15) is 18.3 Å². The van der Waals surface area contributed by atoms with Gasteiger partial charge in [0.05, 0.1) is 25.0 Å². The Balaban J connectivity index is 1.18. The predicted molar refractivity (Wildman–Crippen MR) is 150 cm³/mol. The molecule has 2 aromatic carbocycles. The highest BCUT2D eigenvalue weighted by atomic mass is 19.4. The van der Waals surface area contributed by atoms with Crippen LogP contribution in [0.25, 0.3) is 18.4 Å². The van der Waals surface area contributed by atoms with E-state index in [2.05, 4.69) is 25.8 Å². The summed E-state index contributed by atoms with van der Waals surface area (Å²) in [4.78, 5) is 32.3. The molecule has 3 aromatic rings. The van der Waals surface area contributed by atoms with Crippen LogP contribution in [-0.2, 0) is 22.3 Å². The summed E-state index contributed by atoms with van der Waals surface area (Å²) >= 11 is 0. The number of halogens is 3. The minimum Gasteiger partial charge on any atom is -0.379 e. The number of nitrogens with zero attached hydrogens (tertiary/aromatic N) is 4. The number of anilines is 2. The van der Waals surface area contributed by atoms with E-state index in [9.17, 15) is 22.8 Å². The number of alkyl halides is 3. The van der Waals surface area contributed by atoms with Gasteiger partial charge in [0.25, 0.3) is 11.8 Å². The number of fused-ring (bicyclic) bond motifs is 3. The van der Waals surface area contributed by atoms with Crippen molar-refractivity contribution in [1.82, 2.24) is 9.88 Å². The van der Waals surface area contributed by atoms with Gasteiger partial charge in [-0.25, -0.2) is 4.98 Å². The molecular formula is C30H25F3N6O3. The maximum Gasteiger partial charge on any atom is 0.416 e. The van der Waals surface area contributed by atoms with E-state index < -0.39 is 23.6 Å². The van der Waals surface area contributed by atoms with Crippen LogP contribution in [0.4, 0.5) is 30.4 Å². The van der Waals surface area contributed by atoms with Crippen molar-refractivity contribution in [3.05, 3.63) is 86.4 Å². The molecular weight excluding hydrogens is 549 g/mol. The molecule has 214 valence electrons. The van der Waals surface area contributed by atoms with E-state index in [-0.39, 0.29) is 23.4 Å². The molecule has 2 N–H and O–H groups in total. The van der Waals surface area contributed by atoms with Crippen LogP contribution in [0.2, 0.25) is 0 Å². The number of hydrogen-bond acceptors (Lipinski definition) is 7. The number of morpholine rings is 1. The highest BCUT2D eigenvalue weighted by Gasteiger charge is 2.34. The normalized spacial score (nSPS) is 15.8. The minimum absolute atomic E-state index is 0.0177. The van der Waals surface area contributed by atoms with Crippen LogP contribution in [-0.4, -0.2) is 48.0 Å². The van der Waals surface area contributed by atoms with Crippen molar-refractivity contribution < 1.29 is 27.5 Å². The molecule has 2 amide bonds. The second-order valence-electron chi connectivity index (χ2n) is 10.1. The average Bonchev–Trinajstić information content (AvgIpc) is 3.62. The lowest BCUT2D eigenvalue weighted by Crippen LogP contribution is -2.36. The van der Waals surface area contributed by atoms with Crippen LogP contribution < -0.4 is 21.1 Å². The third kappa shape index (κ3) is 5.58. The summed E-state index contributed by atoms with van der Waals surface area (Å²) in [5.41, 5.74) is 1.79. The van der Waals surface area contributed by atoms with Crippen molar-refractivity contribution >= 4 is 47.4 Å². The molecule has 42 heavy (non-hydrogen) atoms. The van der Waals surface area contributed by atoms with Crippen molar-refractivity contribution in [2.75, 3.05) is 36.9 Å². The first-order chi connectivity index (χ1) is 20.2. The number of nitrogens with one attached hydrogen (secondary N) is 2. The van der Waals surface area contributed by atoms with Gasteiger partial charge in [-0.15, -0.1) is 5.11 Å². The number of rotatable bonds is 6. The molecule has 9 nitrogen and oxygen atoms in total. The fourth-order valence-corrected chi connectivity index (χ4v) is 5.02. The molecule has 1 aliphatic carbocycles. The molecule has 0 radical (unpaired) electrons. The zero-order valence-corrected chi connectivity index (χ0v) is 22.5. The van der Waals surface area contributed by atoms with E-state index >= 15 is 0 Å². The Labute approximate surface area is 238 Å². The fourth-order valence-electron chi connectivity index (χ4n) is 5.02. The summed E-state index contributed by atoms with van der Waals surface area (Å²) in [5, 5.41) is 14.7. The van der Waals surface area contributed by atoms with E-state index in [1.165, 1.54) is 18.2 Å². The van der Waals surface area contributed by atoms with Gasteiger partial charge in [0, 0.05) is 59.1 Å². The van der Waals surface area contributed by atoms with Crippen LogP contribution in [0.3, 0.4) is 0 Å². The molecule has 1 saturated heterocycles. The van der Waals surface area contributed by atoms with Crippen LogP contribution in [0, 0.1) is 6.92 Å². The van der Waals surface area contributed by atoms with E-state index in [0.717, 1.165) is 22.1 Å². The number of aromatic nitrogens is 1. The monoisotopic (exact) mass is 574 g/mol. The van der Waals surface area contributed by atoms with Crippen LogP contribution >= 0.6 is 0 Å². The first-order valence-electron chi connectivity index (χ1n) is 13.2. The molecule has 1 fully saturated rings. The van der Waals surface area contributed by atoms with Crippen molar-refractivity contribution in [2.24, 2.45) is 10.2 Å². The van der Waals surface area contributed by atoms with Gasteiger partial charge < -0.3 is 15.4 Å². The first kappa shape index (κ1) is 27.5. The minimum atomic E-state index is -4.59. The number of amides is 2. The predicted octanol–water partition coefficient (Wildman–Crippen LogP) is 4.14. The Hall–Kier alpha value is -4.68. The van der Waals surface area contributed by atoms with Gasteiger partial charge in [-0.1, -0.05) is 12.1 Å². The summed E-state index contributed by atoms with van der Waals surface area (Å²) in [6.07, 6.45) is 2.06. The lowest BCUT2D eigenvalue weighted by molar-refractivity contribution is -0.138. The Morgan fingerprint density at radius 3 is 2.60 bits per heavy atom. The van der Waals surface area contributed by atoms with Gasteiger partial charge in [-0.3, -0.25) is 14.5 Å². The molecule has 6 rings (SSSR count). The van der Waals surface area contributed by atoms with Crippen molar-refractivity contribution in [3.63, 3.8) is 0 Å². The fraction of sp³-hybridized carbons (Fsp3) is 0.233. The van der Waals surface area contributed by atoms with E-state index in [1.54, 1.807) is 43.6 Å². The lowest BCUT2D eigenvalue weighted by atomic mass is 10.0. The van der Waals surface area contributed by atoms with Gasteiger partial charge in [0.1, 0.15) is 0 Å². The number of carbonyl (C=O) groups is 2. The zero-order chi connectivity index (χ0) is 29.4. The second kappa shape index (κ2) is 11.0. The van der Waals surface area contributed by atoms with Crippen molar-refractivity contribution in [1.29, 1.82) is 0 Å². The SMILES string of the molecule is Cc1ccc(C(=O)Nc2ccc(CN3CCOCC3)c(C(F)(F)F)c2)cc1NC(=O)C1=Cc2cnc3c(c2=C1)=CN=N3. The summed E-state index contributed by atoms with van der Waals surface area (Å²) in [5.74, 6) is -0.509. The second-order valence-corrected chi connectivity index (χ2v) is 10.1. The maximum absolute atomic E-state index is 13.9. The summed E-state index contributed by atoms with van der Waals surface area (Å²) in [6, 6.07) is 8.51. The van der Waals surface area contributed by atoms with Gasteiger partial charge in [0.15, 0.2) is 5.82 Å². The van der Waals surface area contributed by atoms with Crippen LogP contribution in [0.15, 0.2) is 58.4 Å². The van der Waals surface area contributed by atoms with Crippen LogP contribution in [0.5, 0.6) is 0 Å². The van der Waals surface area contributed by atoms with Gasteiger partial charge in [-0.05, 0) is 59.7 Å². The Morgan fingerprint density at radius 2 is 1.81 bits per heavy atom. The third-order valence-electron chi connectivity index (χ3n) is 7.30. The number of pyridine rings is 1. The van der Waals surface area contributed by atoms with Gasteiger partial charge in [0.2, 0.25) is 0 Å². The molecule has 3 heterocycles. The topological polar surface area (TPSA) is 108 Å². The highest BCUT2D eigenvalue weighted by Crippen LogP contribution is 2.35. The Kier molecular flexibility index (Phi) is 7.17. The number of hydrogen-bond donors (Lipinski definition) is 2. The molecule has 0 bridgehead atoms. The lowest BCUT2D eigenvalue weighted by Gasteiger charge is -2.27. The largest absolute Gasteiger partial charge is 0.416 e. The molecule has 2 aliphatic heterocycles. The number of carbonyl (C=O) groups excluding carboxylic acids is 2. The van der Waals surface area contributed by atoms with E-state index in [4.69, 9.17) is 4.74 Å². The molecule has 12 heteroatoms. The Morgan fingerprint density at radius 1 is 1.00 bits per heavy atom. The van der Waals surface area contributed by atoms with Crippen molar-refractivity contribution in [2.45, 2.75) is 19.6 Å². The first-order valence-corrected chi connectivity index (χ1v) is 13.2. The standard InChI is InChI=1S/C30H25F3N6O3/c1-17-2-3-18(12-26(17)37-29(41)20-10-21-14-34-27-24(15-35-38-27)23(21)11-20)28(40)36-22-5-4-19(25(13-22)30(31,32)33)16-39-6-8-42-9-7-39/h2-5,10-15H,6-9,16H2,1H3,(H,36,40)(H,37,41). The summed E-state index contributed by atoms with van der Waals surface area (Å²) < 4.78 is 47.1. The van der Waals surface area contributed by atoms with E-state index in [1.807, 2.05) is 4.90 Å².